The molecule has 16 heavy (non-hydrogen) atoms. The largest absolute Gasteiger partial charge is 0.357 e. The van der Waals surface area contributed by atoms with Crippen molar-refractivity contribution in [3.8, 4) is 0 Å². The van der Waals surface area contributed by atoms with E-state index in [9.17, 15) is 10.1 Å². The van der Waals surface area contributed by atoms with Crippen molar-refractivity contribution in [1.82, 2.24) is 4.98 Å². The number of hydrogen-bond acceptors (Lipinski definition) is 4. The lowest BCUT2D eigenvalue weighted by atomic mass is 10.3. The molecule has 0 aliphatic carbocycles. The van der Waals surface area contributed by atoms with Crippen LogP contribution in [0.5, 0.6) is 0 Å². The Kier molecular flexibility index (Phi) is 4.69. The Balaban J connectivity index is 2.74. The third-order valence-corrected chi connectivity index (χ3v) is 2.43. The highest BCUT2D eigenvalue weighted by molar-refractivity contribution is 5.42. The molecular formula is C11H17N3O2. The van der Waals surface area contributed by atoms with Gasteiger partial charge in [0.05, 0.1) is 4.92 Å². The molecule has 0 atom stereocenters. The van der Waals surface area contributed by atoms with E-state index in [2.05, 4.69) is 23.7 Å². The Hall–Kier alpha value is -1.65. The van der Waals surface area contributed by atoms with Gasteiger partial charge in [-0.25, -0.2) is 4.98 Å². The maximum Gasteiger partial charge on any atom is 0.287 e. The zero-order valence-corrected chi connectivity index (χ0v) is 9.72. The number of nitro groups is 1. The smallest absolute Gasteiger partial charge is 0.287 e. The van der Waals surface area contributed by atoms with E-state index >= 15 is 0 Å². The van der Waals surface area contributed by atoms with Crippen LogP contribution in [0.25, 0.3) is 0 Å². The molecule has 1 aromatic rings. The molecule has 88 valence electrons. The van der Waals surface area contributed by atoms with Crippen LogP contribution < -0.4 is 4.90 Å². The van der Waals surface area contributed by atoms with Crippen LogP contribution >= 0.6 is 0 Å². The van der Waals surface area contributed by atoms with Gasteiger partial charge < -0.3 is 4.90 Å². The van der Waals surface area contributed by atoms with Gasteiger partial charge in [0.25, 0.3) is 5.69 Å². The summed E-state index contributed by atoms with van der Waals surface area (Å²) in [6, 6.07) is 3.20. The Labute approximate surface area is 95.3 Å². The van der Waals surface area contributed by atoms with Crippen molar-refractivity contribution >= 4 is 11.5 Å². The van der Waals surface area contributed by atoms with E-state index in [0.29, 0.717) is 0 Å². The molecular weight excluding hydrogens is 206 g/mol. The van der Waals surface area contributed by atoms with Gasteiger partial charge in [-0.2, -0.15) is 0 Å². The van der Waals surface area contributed by atoms with E-state index in [0.717, 1.165) is 31.7 Å². The van der Waals surface area contributed by atoms with Gasteiger partial charge >= 0.3 is 0 Å². The zero-order chi connectivity index (χ0) is 12.0. The third kappa shape index (κ3) is 3.18. The van der Waals surface area contributed by atoms with Crippen molar-refractivity contribution in [2.45, 2.75) is 26.7 Å². The molecule has 0 bridgehead atoms. The van der Waals surface area contributed by atoms with Crippen LogP contribution in [-0.2, 0) is 0 Å². The Morgan fingerprint density at radius 1 is 1.44 bits per heavy atom. The average Bonchev–Trinajstić information content (AvgIpc) is 2.30. The minimum absolute atomic E-state index is 0.0373. The highest BCUT2D eigenvalue weighted by Crippen LogP contribution is 2.15. The first-order chi connectivity index (χ1) is 7.69. The van der Waals surface area contributed by atoms with Gasteiger partial charge in [0.1, 0.15) is 12.0 Å². The highest BCUT2D eigenvalue weighted by Gasteiger charge is 2.08. The van der Waals surface area contributed by atoms with E-state index in [1.807, 2.05) is 0 Å². The number of anilines is 1. The fourth-order valence-corrected chi connectivity index (χ4v) is 1.46. The predicted octanol–water partition coefficient (Wildman–Crippen LogP) is 2.62. The van der Waals surface area contributed by atoms with Crippen LogP contribution in [0.3, 0.4) is 0 Å². The second-order valence-electron chi connectivity index (χ2n) is 3.56. The van der Waals surface area contributed by atoms with Crippen LogP contribution in [0.1, 0.15) is 26.7 Å². The van der Waals surface area contributed by atoms with Crippen molar-refractivity contribution in [3.05, 3.63) is 28.4 Å². The van der Waals surface area contributed by atoms with Gasteiger partial charge in [0.2, 0.25) is 0 Å². The molecule has 0 aliphatic heterocycles. The monoisotopic (exact) mass is 223 g/mol. The summed E-state index contributed by atoms with van der Waals surface area (Å²) in [5, 5.41) is 10.5. The molecule has 0 N–H and O–H groups in total. The minimum Gasteiger partial charge on any atom is -0.357 e. The van der Waals surface area contributed by atoms with Gasteiger partial charge in [0.15, 0.2) is 0 Å². The maximum atomic E-state index is 10.5. The molecule has 0 aromatic carbocycles. The summed E-state index contributed by atoms with van der Waals surface area (Å²) < 4.78 is 0. The Bertz CT molecular complexity index is 338. The molecule has 0 spiro atoms. The van der Waals surface area contributed by atoms with E-state index in [1.54, 1.807) is 6.07 Å². The van der Waals surface area contributed by atoms with E-state index in [-0.39, 0.29) is 5.69 Å². The highest BCUT2D eigenvalue weighted by atomic mass is 16.6. The fourth-order valence-electron chi connectivity index (χ4n) is 1.46. The van der Waals surface area contributed by atoms with Crippen LogP contribution in [0.15, 0.2) is 18.3 Å². The van der Waals surface area contributed by atoms with Gasteiger partial charge in [-0.1, -0.05) is 13.3 Å². The summed E-state index contributed by atoms with van der Waals surface area (Å²) in [4.78, 5) is 16.3. The van der Waals surface area contributed by atoms with Crippen molar-refractivity contribution in [2.75, 3.05) is 18.0 Å². The number of unbranched alkanes of at least 4 members (excludes halogenated alkanes) is 1. The molecule has 0 amide bonds. The molecule has 0 unspecified atom stereocenters. The standard InChI is InChI=1S/C11H17N3O2/c1-3-5-8-13(4-2)11-7-6-10(9-12-11)14(15)16/h6-7,9H,3-5,8H2,1-2H3. The molecule has 1 aromatic heterocycles. The van der Waals surface area contributed by atoms with E-state index in [1.165, 1.54) is 12.3 Å². The second kappa shape index (κ2) is 6.05. The van der Waals surface area contributed by atoms with Crippen LogP contribution in [-0.4, -0.2) is 23.0 Å². The maximum absolute atomic E-state index is 10.5. The topological polar surface area (TPSA) is 59.3 Å². The van der Waals surface area contributed by atoms with Gasteiger partial charge in [0, 0.05) is 19.2 Å². The number of pyridine rings is 1. The predicted molar refractivity (Wildman–Crippen MR) is 63.7 cm³/mol. The molecule has 1 rings (SSSR count). The third-order valence-electron chi connectivity index (χ3n) is 2.43. The first-order valence-electron chi connectivity index (χ1n) is 5.54. The second-order valence-corrected chi connectivity index (χ2v) is 3.56. The van der Waals surface area contributed by atoms with E-state index in [4.69, 9.17) is 0 Å². The Morgan fingerprint density at radius 3 is 2.62 bits per heavy atom. The van der Waals surface area contributed by atoms with Crippen molar-refractivity contribution in [3.63, 3.8) is 0 Å². The molecule has 0 aliphatic rings. The lowest BCUT2D eigenvalue weighted by Crippen LogP contribution is -2.24. The summed E-state index contributed by atoms with van der Waals surface area (Å²) in [5.41, 5.74) is 0.0373. The number of aromatic nitrogens is 1. The minimum atomic E-state index is -0.431. The van der Waals surface area contributed by atoms with Gasteiger partial charge in [-0.3, -0.25) is 10.1 Å². The first-order valence-corrected chi connectivity index (χ1v) is 5.54. The first kappa shape index (κ1) is 12.4. The summed E-state index contributed by atoms with van der Waals surface area (Å²) in [6.45, 7) is 6.00. The SMILES string of the molecule is CCCCN(CC)c1ccc([N+](=O)[O-])cn1. The molecule has 0 saturated heterocycles. The number of rotatable bonds is 6. The van der Waals surface area contributed by atoms with Crippen molar-refractivity contribution in [2.24, 2.45) is 0 Å². The lowest BCUT2D eigenvalue weighted by Gasteiger charge is -2.21. The van der Waals surface area contributed by atoms with Crippen LogP contribution in [0.2, 0.25) is 0 Å². The van der Waals surface area contributed by atoms with Gasteiger partial charge in [-0.15, -0.1) is 0 Å². The normalized spacial score (nSPS) is 10.1. The van der Waals surface area contributed by atoms with Gasteiger partial charge in [-0.05, 0) is 19.4 Å². The molecule has 5 nitrogen and oxygen atoms in total. The molecule has 0 saturated carbocycles. The summed E-state index contributed by atoms with van der Waals surface area (Å²) in [7, 11) is 0. The fraction of sp³-hybridized carbons (Fsp3) is 0.545. The molecule has 0 radical (unpaired) electrons. The number of hydrogen-bond donors (Lipinski definition) is 0. The van der Waals surface area contributed by atoms with Crippen molar-refractivity contribution in [1.29, 1.82) is 0 Å². The van der Waals surface area contributed by atoms with Crippen molar-refractivity contribution < 1.29 is 4.92 Å². The van der Waals surface area contributed by atoms with E-state index < -0.39 is 4.92 Å². The van der Waals surface area contributed by atoms with Crippen LogP contribution in [0, 0.1) is 10.1 Å². The quantitative estimate of drug-likeness (QED) is 0.549. The average molecular weight is 223 g/mol. The summed E-state index contributed by atoms with van der Waals surface area (Å²) >= 11 is 0. The molecule has 0 fully saturated rings. The van der Waals surface area contributed by atoms with Crippen LogP contribution in [0.4, 0.5) is 11.5 Å². The number of nitrogens with zero attached hydrogens (tertiary/aromatic N) is 3. The Morgan fingerprint density at radius 2 is 2.19 bits per heavy atom. The summed E-state index contributed by atoms with van der Waals surface area (Å²) in [5.74, 6) is 0.807. The summed E-state index contributed by atoms with van der Waals surface area (Å²) in [6.07, 6.45) is 3.54. The molecule has 5 heteroatoms. The zero-order valence-electron chi connectivity index (χ0n) is 9.72. The lowest BCUT2D eigenvalue weighted by molar-refractivity contribution is -0.385. The molecule has 1 heterocycles.